The minimum absolute atomic E-state index is 0.0415. The van der Waals surface area contributed by atoms with Crippen molar-refractivity contribution in [1.82, 2.24) is 0 Å². The third-order valence-electron chi connectivity index (χ3n) is 3.51. The Morgan fingerprint density at radius 2 is 1.58 bits per heavy atom. The minimum atomic E-state index is -0.794. The van der Waals surface area contributed by atoms with E-state index in [1.54, 1.807) is 12.2 Å². The molecular formula is C18H16ClNO6. The van der Waals surface area contributed by atoms with Crippen molar-refractivity contribution < 1.29 is 28.6 Å². The normalized spacial score (nSPS) is 13.3. The highest BCUT2D eigenvalue weighted by atomic mass is 35.5. The number of rotatable bonds is 4. The van der Waals surface area contributed by atoms with E-state index in [1.165, 1.54) is 56.7 Å². The van der Waals surface area contributed by atoms with Gasteiger partial charge < -0.3 is 19.1 Å². The molecule has 0 bridgehead atoms. The van der Waals surface area contributed by atoms with E-state index in [0.29, 0.717) is 5.02 Å². The number of ether oxygens (including phenoxy) is 3. The Kier molecular flexibility index (Phi) is 6.19. The number of hydrogen-bond donors (Lipinski definition) is 0. The summed E-state index contributed by atoms with van der Waals surface area (Å²) in [5.41, 5.74) is 0.220. The fraction of sp³-hybridized carbons (Fsp3) is 0.167. The van der Waals surface area contributed by atoms with E-state index in [-0.39, 0.29) is 22.5 Å². The highest BCUT2D eigenvalue weighted by Crippen LogP contribution is 2.32. The number of hydrogen-bond acceptors (Lipinski definition) is 7. The number of carbonyl (C=O) groups is 3. The van der Waals surface area contributed by atoms with Gasteiger partial charge in [0, 0.05) is 11.2 Å². The van der Waals surface area contributed by atoms with E-state index in [1.807, 2.05) is 0 Å². The molecule has 7 nitrogen and oxygen atoms in total. The first-order valence-electron chi connectivity index (χ1n) is 7.37. The van der Waals surface area contributed by atoms with Crippen LogP contribution in [0.5, 0.6) is 0 Å². The Morgan fingerprint density at radius 3 is 2.19 bits per heavy atom. The Hall–Kier alpha value is -3.06. The second-order valence-electron chi connectivity index (χ2n) is 4.97. The van der Waals surface area contributed by atoms with Crippen LogP contribution in [0.1, 0.15) is 10.4 Å². The van der Waals surface area contributed by atoms with Gasteiger partial charge in [0.05, 0.1) is 38.2 Å². The zero-order valence-electron chi connectivity index (χ0n) is 14.3. The van der Waals surface area contributed by atoms with E-state index in [2.05, 4.69) is 0 Å². The molecule has 0 unspecified atom stereocenters. The van der Waals surface area contributed by atoms with Gasteiger partial charge in [-0.25, -0.2) is 14.4 Å². The number of allylic oxidation sites excluding steroid dienone is 2. The topological polar surface area (TPSA) is 82.1 Å². The molecule has 136 valence electrons. The number of benzene rings is 1. The monoisotopic (exact) mass is 377 g/mol. The van der Waals surface area contributed by atoms with Gasteiger partial charge in [-0.05, 0) is 30.4 Å². The molecule has 1 aromatic carbocycles. The van der Waals surface area contributed by atoms with Crippen LogP contribution < -0.4 is 4.90 Å². The van der Waals surface area contributed by atoms with Gasteiger partial charge >= 0.3 is 17.9 Å². The van der Waals surface area contributed by atoms with Gasteiger partial charge in [-0.2, -0.15) is 0 Å². The van der Waals surface area contributed by atoms with Crippen LogP contribution in [0, 0.1) is 0 Å². The Bertz CT molecular complexity index is 840. The van der Waals surface area contributed by atoms with Crippen molar-refractivity contribution in [2.45, 2.75) is 0 Å². The van der Waals surface area contributed by atoms with Crippen LogP contribution in [0.25, 0.3) is 0 Å². The molecule has 26 heavy (non-hydrogen) atoms. The van der Waals surface area contributed by atoms with Crippen molar-refractivity contribution in [1.29, 1.82) is 0 Å². The summed E-state index contributed by atoms with van der Waals surface area (Å²) in [6.07, 6.45) is 6.05. The largest absolute Gasteiger partial charge is 0.465 e. The van der Waals surface area contributed by atoms with Crippen LogP contribution in [0.3, 0.4) is 0 Å². The van der Waals surface area contributed by atoms with Crippen molar-refractivity contribution in [3.8, 4) is 0 Å². The van der Waals surface area contributed by atoms with Gasteiger partial charge in [0.2, 0.25) is 0 Å². The highest BCUT2D eigenvalue weighted by Gasteiger charge is 2.29. The smallest absolute Gasteiger partial charge is 0.355 e. The van der Waals surface area contributed by atoms with Crippen LogP contribution in [-0.2, 0) is 23.8 Å². The van der Waals surface area contributed by atoms with Crippen LogP contribution in [0.4, 0.5) is 5.69 Å². The lowest BCUT2D eigenvalue weighted by Crippen LogP contribution is -2.28. The van der Waals surface area contributed by atoms with Gasteiger partial charge in [0.1, 0.15) is 5.70 Å². The second kappa shape index (κ2) is 8.35. The minimum Gasteiger partial charge on any atom is -0.465 e. The van der Waals surface area contributed by atoms with Crippen molar-refractivity contribution in [3.05, 3.63) is 64.5 Å². The van der Waals surface area contributed by atoms with E-state index in [4.69, 9.17) is 25.8 Å². The first-order chi connectivity index (χ1) is 12.4. The number of methoxy groups -OCH3 is 3. The van der Waals surface area contributed by atoms with Gasteiger partial charge in [-0.3, -0.25) is 0 Å². The van der Waals surface area contributed by atoms with Crippen molar-refractivity contribution >= 4 is 35.2 Å². The summed E-state index contributed by atoms with van der Waals surface area (Å²) in [6.45, 7) is 0. The van der Waals surface area contributed by atoms with Gasteiger partial charge in [-0.1, -0.05) is 17.7 Å². The number of carbonyl (C=O) groups excluding carboxylic acids is 3. The average molecular weight is 378 g/mol. The number of anilines is 1. The number of nitrogens with zero attached hydrogens (tertiary/aromatic N) is 1. The molecule has 8 heteroatoms. The summed E-state index contributed by atoms with van der Waals surface area (Å²) < 4.78 is 14.3. The van der Waals surface area contributed by atoms with Crippen LogP contribution in [0.15, 0.2) is 53.9 Å². The zero-order chi connectivity index (χ0) is 19.3. The SMILES string of the molecule is COC(=O)C1=C(C(=O)OC)N(c2cc(Cl)ccc2C(=O)OC)C=CC=C1. The molecule has 0 aromatic heterocycles. The molecule has 0 saturated heterocycles. The standard InChI is InChI=1S/C18H16ClNO6/c1-24-16(21)12-8-7-11(19)10-14(12)20-9-5-4-6-13(17(22)25-2)15(20)18(23)26-3/h4-10H,1-3H3. The van der Waals surface area contributed by atoms with E-state index < -0.39 is 17.9 Å². The van der Waals surface area contributed by atoms with Gasteiger partial charge in [0.15, 0.2) is 0 Å². The highest BCUT2D eigenvalue weighted by molar-refractivity contribution is 6.31. The molecular weight excluding hydrogens is 362 g/mol. The summed E-state index contributed by atoms with van der Waals surface area (Å²) in [7, 11) is 3.61. The van der Waals surface area contributed by atoms with E-state index >= 15 is 0 Å². The summed E-state index contributed by atoms with van der Waals surface area (Å²) in [5.74, 6) is -2.17. The van der Waals surface area contributed by atoms with Gasteiger partial charge in [-0.15, -0.1) is 0 Å². The summed E-state index contributed by atoms with van der Waals surface area (Å²) >= 11 is 6.07. The van der Waals surface area contributed by atoms with Crippen molar-refractivity contribution in [2.75, 3.05) is 26.2 Å². The maximum atomic E-state index is 12.4. The van der Waals surface area contributed by atoms with Crippen LogP contribution in [-0.4, -0.2) is 39.2 Å². The zero-order valence-corrected chi connectivity index (χ0v) is 15.1. The lowest BCUT2D eigenvalue weighted by Gasteiger charge is -2.25. The fourth-order valence-electron chi connectivity index (χ4n) is 2.34. The first kappa shape index (κ1) is 19.3. The Morgan fingerprint density at radius 1 is 0.923 bits per heavy atom. The third-order valence-corrected chi connectivity index (χ3v) is 3.75. The predicted octanol–water partition coefficient (Wildman–Crippen LogP) is 2.62. The molecule has 0 saturated carbocycles. The molecule has 0 aliphatic carbocycles. The average Bonchev–Trinajstić information content (AvgIpc) is 2.88. The van der Waals surface area contributed by atoms with E-state index in [0.717, 1.165) is 0 Å². The molecule has 1 aliphatic heterocycles. The molecule has 1 heterocycles. The summed E-state index contributed by atoms with van der Waals surface area (Å²) in [4.78, 5) is 38.0. The van der Waals surface area contributed by atoms with Crippen molar-refractivity contribution in [2.24, 2.45) is 0 Å². The lowest BCUT2D eigenvalue weighted by molar-refractivity contribution is -0.139. The summed E-state index contributed by atoms with van der Waals surface area (Å²) in [6, 6.07) is 4.45. The summed E-state index contributed by atoms with van der Waals surface area (Å²) in [5, 5.41) is 0.321. The third kappa shape index (κ3) is 3.78. The number of esters is 3. The first-order valence-corrected chi connectivity index (χ1v) is 7.75. The number of halogens is 1. The van der Waals surface area contributed by atoms with Gasteiger partial charge in [0.25, 0.3) is 0 Å². The fourth-order valence-corrected chi connectivity index (χ4v) is 2.50. The predicted molar refractivity (Wildman–Crippen MR) is 94.6 cm³/mol. The van der Waals surface area contributed by atoms with Crippen LogP contribution >= 0.6 is 11.6 Å². The quantitative estimate of drug-likeness (QED) is 0.589. The van der Waals surface area contributed by atoms with E-state index in [9.17, 15) is 14.4 Å². The molecule has 1 aliphatic rings. The van der Waals surface area contributed by atoms with Crippen LogP contribution in [0.2, 0.25) is 5.02 Å². The molecule has 1 aromatic rings. The van der Waals surface area contributed by atoms with Crippen molar-refractivity contribution in [3.63, 3.8) is 0 Å². The maximum absolute atomic E-state index is 12.4. The Labute approximate surface area is 155 Å². The molecule has 0 atom stereocenters. The molecule has 0 N–H and O–H groups in total. The second-order valence-corrected chi connectivity index (χ2v) is 5.41. The molecule has 0 fully saturated rings. The lowest BCUT2D eigenvalue weighted by atomic mass is 10.1. The molecule has 0 amide bonds. The Balaban J connectivity index is 2.77. The molecule has 0 radical (unpaired) electrons. The maximum Gasteiger partial charge on any atom is 0.355 e. The molecule has 0 spiro atoms. The molecule has 2 rings (SSSR count).